The van der Waals surface area contributed by atoms with Gasteiger partial charge in [-0.1, -0.05) is 18.2 Å². The van der Waals surface area contributed by atoms with Gasteiger partial charge in [0.1, 0.15) is 5.52 Å². The van der Waals surface area contributed by atoms with E-state index in [2.05, 4.69) is 29.8 Å². The molecular formula is C12H13NOS. The third-order valence-corrected chi connectivity index (χ3v) is 2.38. The Labute approximate surface area is 94.4 Å². The largest absolute Gasteiger partial charge is 0.441 e. The van der Waals surface area contributed by atoms with Gasteiger partial charge in [0.25, 0.3) is 0 Å². The second-order valence-corrected chi connectivity index (χ2v) is 3.82. The van der Waals surface area contributed by atoms with Crippen LogP contribution in [0, 0.1) is 6.92 Å². The summed E-state index contributed by atoms with van der Waals surface area (Å²) in [5.41, 5.74) is 2.91. The van der Waals surface area contributed by atoms with Gasteiger partial charge in [0.2, 0.25) is 0 Å². The Kier molecular flexibility index (Phi) is 3.11. The molecule has 0 atom stereocenters. The number of allylic oxidation sites excluding steroid dienone is 1. The topological polar surface area (TPSA) is 26.0 Å². The molecule has 0 aliphatic rings. The third kappa shape index (κ3) is 2.42. The summed E-state index contributed by atoms with van der Waals surface area (Å²) in [7, 11) is 0. The SMILES string of the molecule is Cc1nc2cc(C=CCCS)ccc2o1. The molecule has 1 aromatic carbocycles. The van der Waals surface area contributed by atoms with Crippen LogP contribution in [0.1, 0.15) is 17.9 Å². The van der Waals surface area contributed by atoms with Gasteiger partial charge in [-0.2, -0.15) is 12.6 Å². The maximum Gasteiger partial charge on any atom is 0.192 e. The van der Waals surface area contributed by atoms with E-state index in [9.17, 15) is 0 Å². The van der Waals surface area contributed by atoms with Gasteiger partial charge >= 0.3 is 0 Å². The summed E-state index contributed by atoms with van der Waals surface area (Å²) < 4.78 is 5.40. The molecule has 3 heteroatoms. The fourth-order valence-corrected chi connectivity index (χ4v) is 1.61. The van der Waals surface area contributed by atoms with Crippen LogP contribution in [0.4, 0.5) is 0 Å². The lowest BCUT2D eigenvalue weighted by Gasteiger charge is -1.92. The van der Waals surface area contributed by atoms with Gasteiger partial charge in [0.05, 0.1) is 0 Å². The van der Waals surface area contributed by atoms with Crippen molar-refractivity contribution in [3.8, 4) is 0 Å². The number of hydrogen-bond donors (Lipinski definition) is 1. The van der Waals surface area contributed by atoms with Gasteiger partial charge in [-0.3, -0.25) is 0 Å². The number of hydrogen-bond acceptors (Lipinski definition) is 3. The van der Waals surface area contributed by atoms with Crippen molar-refractivity contribution >= 4 is 29.8 Å². The molecule has 0 saturated heterocycles. The van der Waals surface area contributed by atoms with E-state index in [1.165, 1.54) is 0 Å². The first-order chi connectivity index (χ1) is 7.29. The summed E-state index contributed by atoms with van der Waals surface area (Å²) in [5.74, 6) is 1.59. The molecule has 2 rings (SSSR count). The molecule has 78 valence electrons. The van der Waals surface area contributed by atoms with Crippen LogP contribution in [0.15, 0.2) is 28.7 Å². The average molecular weight is 219 g/mol. The van der Waals surface area contributed by atoms with Gasteiger partial charge < -0.3 is 4.42 Å². The summed E-state index contributed by atoms with van der Waals surface area (Å²) in [6.07, 6.45) is 5.18. The lowest BCUT2D eigenvalue weighted by molar-refractivity contribution is 0.561. The zero-order chi connectivity index (χ0) is 10.7. The number of rotatable bonds is 3. The van der Waals surface area contributed by atoms with E-state index in [4.69, 9.17) is 4.42 Å². The first-order valence-corrected chi connectivity index (χ1v) is 5.57. The van der Waals surface area contributed by atoms with Crippen molar-refractivity contribution in [2.24, 2.45) is 0 Å². The highest BCUT2D eigenvalue weighted by molar-refractivity contribution is 7.80. The van der Waals surface area contributed by atoms with Crippen LogP contribution in [0.3, 0.4) is 0 Å². The Bertz CT molecular complexity index is 487. The molecule has 0 saturated carbocycles. The molecule has 0 bridgehead atoms. The van der Waals surface area contributed by atoms with E-state index in [-0.39, 0.29) is 0 Å². The fraction of sp³-hybridized carbons (Fsp3) is 0.250. The minimum Gasteiger partial charge on any atom is -0.441 e. The molecule has 2 nitrogen and oxygen atoms in total. The average Bonchev–Trinajstić information content (AvgIpc) is 2.57. The van der Waals surface area contributed by atoms with Crippen LogP contribution < -0.4 is 0 Å². The maximum absolute atomic E-state index is 5.40. The number of thiol groups is 1. The van der Waals surface area contributed by atoms with E-state index in [1.807, 2.05) is 25.1 Å². The predicted molar refractivity (Wildman–Crippen MR) is 66.3 cm³/mol. The lowest BCUT2D eigenvalue weighted by atomic mass is 10.2. The normalized spacial score (nSPS) is 11.6. The van der Waals surface area contributed by atoms with E-state index in [0.717, 1.165) is 28.8 Å². The highest BCUT2D eigenvalue weighted by atomic mass is 32.1. The lowest BCUT2D eigenvalue weighted by Crippen LogP contribution is -1.74. The Morgan fingerprint density at radius 2 is 2.33 bits per heavy atom. The number of fused-ring (bicyclic) bond motifs is 1. The molecule has 0 unspecified atom stereocenters. The molecule has 0 aliphatic heterocycles. The third-order valence-electron chi connectivity index (χ3n) is 2.12. The smallest absolute Gasteiger partial charge is 0.192 e. The molecule has 0 N–H and O–H groups in total. The maximum atomic E-state index is 5.40. The summed E-state index contributed by atoms with van der Waals surface area (Å²) in [6.45, 7) is 1.86. The molecule has 1 heterocycles. The summed E-state index contributed by atoms with van der Waals surface area (Å²) in [4.78, 5) is 4.29. The van der Waals surface area contributed by atoms with E-state index < -0.39 is 0 Å². The van der Waals surface area contributed by atoms with E-state index in [0.29, 0.717) is 5.89 Å². The Balaban J connectivity index is 2.30. The molecule has 2 aromatic rings. The fourth-order valence-electron chi connectivity index (χ4n) is 1.46. The monoisotopic (exact) mass is 219 g/mol. The quantitative estimate of drug-likeness (QED) is 0.800. The van der Waals surface area contributed by atoms with Crippen LogP contribution >= 0.6 is 12.6 Å². The summed E-state index contributed by atoms with van der Waals surface area (Å²) in [5, 5.41) is 0. The van der Waals surface area contributed by atoms with Gasteiger partial charge in [0, 0.05) is 6.92 Å². The molecule has 0 fully saturated rings. The second kappa shape index (κ2) is 4.53. The van der Waals surface area contributed by atoms with Gasteiger partial charge in [-0.05, 0) is 29.9 Å². The molecule has 0 radical (unpaired) electrons. The predicted octanol–water partition coefficient (Wildman–Crippen LogP) is 3.47. The number of aromatic nitrogens is 1. The number of aryl methyl sites for hydroxylation is 1. The van der Waals surface area contributed by atoms with Crippen LogP contribution in [-0.4, -0.2) is 10.7 Å². The molecule has 0 amide bonds. The minimum atomic E-state index is 0.710. The molecule has 0 aliphatic carbocycles. The standard InChI is InChI=1S/C12H13NOS/c1-9-13-11-8-10(4-2-3-7-15)5-6-12(11)14-9/h2,4-6,8,15H,3,7H2,1H3. The number of nitrogens with zero attached hydrogens (tertiary/aromatic N) is 1. The van der Waals surface area contributed by atoms with Gasteiger partial charge in [-0.25, -0.2) is 4.98 Å². The first-order valence-electron chi connectivity index (χ1n) is 4.94. The minimum absolute atomic E-state index is 0.710. The highest BCUT2D eigenvalue weighted by Crippen LogP contribution is 2.17. The summed E-state index contributed by atoms with van der Waals surface area (Å²) >= 11 is 4.15. The van der Waals surface area contributed by atoms with Crippen LogP contribution in [0.5, 0.6) is 0 Å². The van der Waals surface area contributed by atoms with Crippen molar-refractivity contribution < 1.29 is 4.42 Å². The van der Waals surface area contributed by atoms with Crippen molar-refractivity contribution in [1.29, 1.82) is 0 Å². The summed E-state index contributed by atoms with van der Waals surface area (Å²) in [6, 6.07) is 6.01. The molecular weight excluding hydrogens is 206 g/mol. The zero-order valence-electron chi connectivity index (χ0n) is 8.60. The first kappa shape index (κ1) is 10.3. The number of oxazole rings is 1. The van der Waals surface area contributed by atoms with Crippen LogP contribution in [0.2, 0.25) is 0 Å². The Morgan fingerprint density at radius 3 is 3.13 bits per heavy atom. The van der Waals surface area contributed by atoms with E-state index in [1.54, 1.807) is 0 Å². The Morgan fingerprint density at radius 1 is 1.47 bits per heavy atom. The number of benzene rings is 1. The Hall–Kier alpha value is -1.22. The van der Waals surface area contributed by atoms with E-state index >= 15 is 0 Å². The van der Waals surface area contributed by atoms with Gasteiger partial charge in [0.15, 0.2) is 11.5 Å². The van der Waals surface area contributed by atoms with Crippen molar-refractivity contribution in [2.45, 2.75) is 13.3 Å². The van der Waals surface area contributed by atoms with Crippen molar-refractivity contribution in [3.05, 3.63) is 35.7 Å². The van der Waals surface area contributed by atoms with Crippen molar-refractivity contribution in [1.82, 2.24) is 4.98 Å². The molecule has 1 aromatic heterocycles. The molecule has 0 spiro atoms. The van der Waals surface area contributed by atoms with Gasteiger partial charge in [-0.15, -0.1) is 0 Å². The second-order valence-electron chi connectivity index (χ2n) is 3.37. The van der Waals surface area contributed by atoms with Crippen LogP contribution in [-0.2, 0) is 0 Å². The van der Waals surface area contributed by atoms with Crippen LogP contribution in [0.25, 0.3) is 17.2 Å². The van der Waals surface area contributed by atoms with Crippen molar-refractivity contribution in [2.75, 3.05) is 5.75 Å². The molecule has 15 heavy (non-hydrogen) atoms. The highest BCUT2D eigenvalue weighted by Gasteiger charge is 2.00. The van der Waals surface area contributed by atoms with Crippen molar-refractivity contribution in [3.63, 3.8) is 0 Å². The zero-order valence-corrected chi connectivity index (χ0v) is 9.50.